The summed E-state index contributed by atoms with van der Waals surface area (Å²) >= 11 is 0. The van der Waals surface area contributed by atoms with Crippen molar-refractivity contribution >= 4 is 10.9 Å². The van der Waals surface area contributed by atoms with Gasteiger partial charge in [-0.1, -0.05) is 92.7 Å². The largest absolute Gasteiger partial charge is 0.256 e. The van der Waals surface area contributed by atoms with Crippen molar-refractivity contribution in [2.24, 2.45) is 0 Å². The first kappa shape index (κ1) is 18.1. The van der Waals surface area contributed by atoms with Crippen LogP contribution in [-0.2, 0) is 5.41 Å². The van der Waals surface area contributed by atoms with E-state index < -0.39 is 0 Å². The number of pyridine rings is 1. The molecule has 148 valence electrons. The third-order valence-corrected chi connectivity index (χ3v) is 6.72. The molecule has 0 N–H and O–H groups in total. The highest BCUT2D eigenvalue weighted by atomic mass is 14.6. The average Bonchev–Trinajstić information content (AvgIpc) is 3.06. The highest BCUT2D eigenvalue weighted by molar-refractivity contribution is 5.96. The fourth-order valence-corrected chi connectivity index (χ4v) is 5.15. The van der Waals surface area contributed by atoms with Crippen molar-refractivity contribution in [1.82, 2.24) is 4.98 Å². The maximum atomic E-state index is 4.59. The fourth-order valence-electron chi connectivity index (χ4n) is 5.15. The highest BCUT2D eigenvalue weighted by Crippen LogP contribution is 2.51. The molecule has 0 fully saturated rings. The second kappa shape index (κ2) is 6.65. The summed E-state index contributed by atoms with van der Waals surface area (Å²) < 4.78 is 0. The van der Waals surface area contributed by atoms with Crippen LogP contribution in [-0.4, -0.2) is 4.98 Å². The molecule has 0 unspecified atom stereocenters. The van der Waals surface area contributed by atoms with Crippen LogP contribution in [0.15, 0.2) is 103 Å². The van der Waals surface area contributed by atoms with Crippen molar-refractivity contribution < 1.29 is 0 Å². The van der Waals surface area contributed by atoms with Gasteiger partial charge in [0.15, 0.2) is 0 Å². The van der Waals surface area contributed by atoms with Crippen molar-refractivity contribution in [3.63, 3.8) is 0 Å². The van der Waals surface area contributed by atoms with Gasteiger partial charge in [-0.2, -0.15) is 0 Å². The minimum Gasteiger partial charge on any atom is -0.256 e. The minimum atomic E-state index is -0.0623. The van der Waals surface area contributed by atoms with Crippen LogP contribution in [0.4, 0.5) is 0 Å². The monoisotopic (exact) mass is 397 g/mol. The van der Waals surface area contributed by atoms with Gasteiger partial charge in [-0.15, -0.1) is 0 Å². The van der Waals surface area contributed by atoms with E-state index in [-0.39, 0.29) is 5.41 Å². The predicted octanol–water partition coefficient (Wildman–Crippen LogP) is 7.88. The van der Waals surface area contributed by atoms with Crippen LogP contribution in [0.3, 0.4) is 0 Å². The molecule has 0 aliphatic heterocycles. The number of fused-ring (bicyclic) bond motifs is 5. The van der Waals surface area contributed by atoms with Crippen LogP contribution in [0, 0.1) is 0 Å². The lowest BCUT2D eigenvalue weighted by molar-refractivity contribution is 0.666. The van der Waals surface area contributed by atoms with E-state index in [2.05, 4.69) is 110 Å². The van der Waals surface area contributed by atoms with E-state index in [1.54, 1.807) is 0 Å². The molecule has 4 aromatic carbocycles. The molecule has 0 saturated heterocycles. The fraction of sp³-hybridized carbons (Fsp3) is 0.100. The Morgan fingerprint density at radius 3 is 2.00 bits per heavy atom. The zero-order chi connectivity index (χ0) is 21.0. The quantitative estimate of drug-likeness (QED) is 0.295. The highest BCUT2D eigenvalue weighted by Gasteiger charge is 2.37. The first-order valence-electron chi connectivity index (χ1n) is 10.8. The van der Waals surface area contributed by atoms with Crippen molar-refractivity contribution in [2.45, 2.75) is 19.3 Å². The van der Waals surface area contributed by atoms with Gasteiger partial charge >= 0.3 is 0 Å². The molecule has 0 saturated carbocycles. The number of hydrogen-bond acceptors (Lipinski definition) is 1. The third-order valence-electron chi connectivity index (χ3n) is 6.72. The molecule has 1 aromatic heterocycles. The van der Waals surface area contributed by atoms with Gasteiger partial charge in [0, 0.05) is 17.0 Å². The lowest BCUT2D eigenvalue weighted by Gasteiger charge is -2.23. The van der Waals surface area contributed by atoms with E-state index in [4.69, 9.17) is 0 Å². The van der Waals surface area contributed by atoms with Gasteiger partial charge < -0.3 is 0 Å². The topological polar surface area (TPSA) is 12.9 Å². The molecule has 6 rings (SSSR count). The van der Waals surface area contributed by atoms with Crippen LogP contribution in [0.5, 0.6) is 0 Å². The van der Waals surface area contributed by atoms with Crippen molar-refractivity contribution in [1.29, 1.82) is 0 Å². The minimum absolute atomic E-state index is 0.0623. The number of benzene rings is 4. The normalized spacial score (nSPS) is 13.7. The van der Waals surface area contributed by atoms with Crippen LogP contribution in [0.25, 0.3) is 44.3 Å². The van der Waals surface area contributed by atoms with Crippen LogP contribution < -0.4 is 0 Å². The molecule has 0 radical (unpaired) electrons. The number of nitrogens with zero attached hydrogens (tertiary/aromatic N) is 1. The van der Waals surface area contributed by atoms with E-state index in [1.165, 1.54) is 49.9 Å². The van der Waals surface area contributed by atoms with Gasteiger partial charge in [0.1, 0.15) is 0 Å². The summed E-state index contributed by atoms with van der Waals surface area (Å²) in [7, 11) is 0. The molecule has 31 heavy (non-hydrogen) atoms. The molecule has 1 aliphatic carbocycles. The van der Waals surface area contributed by atoms with Gasteiger partial charge in [-0.05, 0) is 62.7 Å². The van der Waals surface area contributed by atoms with Gasteiger partial charge in [-0.3, -0.25) is 4.98 Å². The maximum Gasteiger partial charge on any atom is 0.0705 e. The molecule has 5 aromatic rings. The molecular weight excluding hydrogens is 374 g/mol. The molecular formula is C30H23N. The zero-order valence-corrected chi connectivity index (χ0v) is 17.8. The number of rotatable bonds is 2. The van der Waals surface area contributed by atoms with Gasteiger partial charge in [0.2, 0.25) is 0 Å². The molecule has 1 nitrogen and oxygen atoms in total. The third kappa shape index (κ3) is 2.74. The van der Waals surface area contributed by atoms with Crippen LogP contribution >= 0.6 is 0 Å². The SMILES string of the molecule is CC1(C)c2cc(-c3ccc(-c4ccccc4)cc3)ccc2-c2ccc3ncccc3c21. The molecule has 1 heterocycles. The molecule has 0 atom stereocenters. The van der Waals surface area contributed by atoms with E-state index in [0.29, 0.717) is 0 Å². The lowest BCUT2D eigenvalue weighted by atomic mass is 9.80. The maximum absolute atomic E-state index is 4.59. The Morgan fingerprint density at radius 2 is 1.23 bits per heavy atom. The zero-order valence-electron chi connectivity index (χ0n) is 17.8. The first-order valence-corrected chi connectivity index (χ1v) is 10.8. The molecule has 0 bridgehead atoms. The molecule has 1 aliphatic rings. The Bertz CT molecular complexity index is 1430. The van der Waals surface area contributed by atoms with Crippen molar-refractivity contribution in [2.75, 3.05) is 0 Å². The summed E-state index contributed by atoms with van der Waals surface area (Å²) in [5.74, 6) is 0. The number of hydrogen-bond donors (Lipinski definition) is 0. The molecule has 0 spiro atoms. The van der Waals surface area contributed by atoms with Crippen molar-refractivity contribution in [3.05, 3.63) is 114 Å². The summed E-state index contributed by atoms with van der Waals surface area (Å²) in [5, 5.41) is 1.26. The standard InChI is InChI=1S/C30H23N/c1-30(2)27-19-23(22-12-10-21(11-13-22)20-7-4-3-5-8-20)14-15-24(27)25-16-17-28-26(29(25)30)9-6-18-31-28/h3-19H,1-2H3. The summed E-state index contributed by atoms with van der Waals surface area (Å²) in [6, 6.07) is 35.0. The molecule has 1 heteroatoms. The van der Waals surface area contributed by atoms with E-state index in [1.807, 2.05) is 12.3 Å². The number of aromatic nitrogens is 1. The summed E-state index contributed by atoms with van der Waals surface area (Å²) in [4.78, 5) is 4.59. The Balaban J connectivity index is 1.45. The van der Waals surface area contributed by atoms with Gasteiger partial charge in [0.05, 0.1) is 5.52 Å². The molecule has 0 amide bonds. The van der Waals surface area contributed by atoms with Crippen LogP contribution in [0.2, 0.25) is 0 Å². The lowest BCUT2D eigenvalue weighted by Crippen LogP contribution is -2.15. The van der Waals surface area contributed by atoms with Crippen LogP contribution in [0.1, 0.15) is 25.0 Å². The van der Waals surface area contributed by atoms with E-state index in [0.717, 1.165) is 5.52 Å². The Morgan fingerprint density at radius 1 is 0.581 bits per heavy atom. The summed E-state index contributed by atoms with van der Waals surface area (Å²) in [6.45, 7) is 4.68. The van der Waals surface area contributed by atoms with E-state index >= 15 is 0 Å². The van der Waals surface area contributed by atoms with E-state index in [9.17, 15) is 0 Å². The second-order valence-electron chi connectivity index (χ2n) is 8.89. The Labute approximate surface area is 183 Å². The second-order valence-corrected chi connectivity index (χ2v) is 8.89. The average molecular weight is 398 g/mol. The van der Waals surface area contributed by atoms with Gasteiger partial charge in [0.25, 0.3) is 0 Å². The summed E-state index contributed by atoms with van der Waals surface area (Å²) in [5.41, 5.74) is 11.5. The van der Waals surface area contributed by atoms with Crippen molar-refractivity contribution in [3.8, 4) is 33.4 Å². The van der Waals surface area contributed by atoms with Gasteiger partial charge in [-0.25, -0.2) is 0 Å². The summed E-state index contributed by atoms with van der Waals surface area (Å²) in [6.07, 6.45) is 1.88. The smallest absolute Gasteiger partial charge is 0.0705 e. The Kier molecular flexibility index (Phi) is 3.88. The first-order chi connectivity index (χ1) is 15.1. The Hall–Kier alpha value is -3.71. The predicted molar refractivity (Wildman–Crippen MR) is 130 cm³/mol.